The van der Waals surface area contributed by atoms with E-state index in [0.29, 0.717) is 0 Å². The number of benzene rings is 11. The van der Waals surface area contributed by atoms with E-state index in [1.54, 1.807) is 0 Å². The molecule has 0 saturated heterocycles. The van der Waals surface area contributed by atoms with Gasteiger partial charge in [-0.15, -0.1) is 0 Å². The smallest absolute Gasteiger partial charge is 0.0547 e. The molecule has 0 saturated carbocycles. The first kappa shape index (κ1) is 31.5. The van der Waals surface area contributed by atoms with Crippen LogP contribution in [0.3, 0.4) is 0 Å². The van der Waals surface area contributed by atoms with Gasteiger partial charge in [-0.3, -0.25) is 0 Å². The molecule has 0 radical (unpaired) electrons. The minimum absolute atomic E-state index is 1.20. The molecule has 0 spiro atoms. The molecule has 0 bridgehead atoms. The van der Waals surface area contributed by atoms with E-state index in [1.807, 2.05) is 0 Å². The van der Waals surface area contributed by atoms with Crippen molar-refractivity contribution in [3.63, 3.8) is 0 Å². The molecule has 0 unspecified atom stereocenters. The fourth-order valence-electron chi connectivity index (χ4n) is 10.2. The van der Waals surface area contributed by atoms with Gasteiger partial charge in [0.05, 0.1) is 33.4 Å². The van der Waals surface area contributed by atoms with Crippen LogP contribution in [0, 0.1) is 0 Å². The number of para-hydroxylation sites is 2. The quantitative estimate of drug-likeness (QED) is 0.160. The summed E-state index contributed by atoms with van der Waals surface area (Å²) in [5.41, 5.74) is 9.65. The van der Waals surface area contributed by atoms with Gasteiger partial charge in [0.1, 0.15) is 0 Å². The van der Waals surface area contributed by atoms with Crippen LogP contribution < -0.4 is 0 Å². The van der Waals surface area contributed by atoms with E-state index < -0.39 is 0 Å². The average Bonchev–Trinajstić information content (AvgIpc) is 3.80. The summed E-state index contributed by atoms with van der Waals surface area (Å²) in [5.74, 6) is 0. The van der Waals surface area contributed by atoms with Crippen molar-refractivity contribution in [2.45, 2.75) is 0 Å². The zero-order valence-electron chi connectivity index (χ0n) is 31.5. The first-order valence-electron chi connectivity index (χ1n) is 20.1. The molecule has 0 aliphatic rings. The molecule has 13 aromatic rings. The predicted molar refractivity (Wildman–Crippen MR) is 248 cm³/mol. The van der Waals surface area contributed by atoms with E-state index in [0.717, 1.165) is 0 Å². The van der Waals surface area contributed by atoms with Crippen molar-refractivity contribution >= 4 is 97.5 Å². The maximum atomic E-state index is 2.50. The Morgan fingerprint density at radius 2 is 0.638 bits per heavy atom. The van der Waals surface area contributed by atoms with Crippen molar-refractivity contribution in [2.75, 3.05) is 0 Å². The van der Waals surface area contributed by atoms with Crippen LogP contribution in [0.4, 0.5) is 0 Å². The van der Waals surface area contributed by atoms with E-state index in [-0.39, 0.29) is 0 Å². The second-order valence-electron chi connectivity index (χ2n) is 15.6. The summed E-state index contributed by atoms with van der Waals surface area (Å²) in [4.78, 5) is 0. The Morgan fingerprint density at radius 3 is 1.26 bits per heavy atom. The maximum Gasteiger partial charge on any atom is 0.0547 e. The molecule has 2 heteroatoms. The lowest BCUT2D eigenvalue weighted by Crippen LogP contribution is -1.97. The fraction of sp³-hybridized carbons (Fsp3) is 0. The first-order chi connectivity index (χ1) is 28.8. The summed E-state index contributed by atoms with van der Waals surface area (Å²) in [7, 11) is 0. The summed E-state index contributed by atoms with van der Waals surface area (Å²) < 4.78 is 4.94. The summed E-state index contributed by atoms with van der Waals surface area (Å²) in [6.07, 6.45) is 0. The molecule has 2 aromatic heterocycles. The van der Waals surface area contributed by atoms with Crippen molar-refractivity contribution < 1.29 is 0 Å². The lowest BCUT2D eigenvalue weighted by molar-refractivity contribution is 1.20. The highest BCUT2D eigenvalue weighted by atomic mass is 15.0. The Hall–Kier alpha value is -7.68. The van der Waals surface area contributed by atoms with Gasteiger partial charge in [0.2, 0.25) is 0 Å². The molecule has 2 heterocycles. The van der Waals surface area contributed by atoms with Gasteiger partial charge in [0.15, 0.2) is 0 Å². The van der Waals surface area contributed by atoms with Gasteiger partial charge < -0.3 is 9.13 Å². The van der Waals surface area contributed by atoms with Gasteiger partial charge in [0.25, 0.3) is 0 Å². The van der Waals surface area contributed by atoms with E-state index in [9.17, 15) is 0 Å². The molecule has 0 atom stereocenters. The maximum absolute atomic E-state index is 2.50. The van der Waals surface area contributed by atoms with Crippen LogP contribution in [0.5, 0.6) is 0 Å². The fourth-order valence-corrected chi connectivity index (χ4v) is 10.2. The molecule has 268 valence electrons. The molecular formula is C56H34N2. The van der Waals surface area contributed by atoms with Crippen molar-refractivity contribution in [3.8, 4) is 22.5 Å². The Morgan fingerprint density at radius 1 is 0.224 bits per heavy atom. The molecule has 58 heavy (non-hydrogen) atoms. The number of hydrogen-bond donors (Lipinski definition) is 0. The molecule has 0 aliphatic heterocycles. The third-order valence-electron chi connectivity index (χ3n) is 12.7. The number of aromatic nitrogens is 2. The highest BCUT2D eigenvalue weighted by molar-refractivity contribution is 6.32. The standard InChI is InChI=1S/C56H34N2/c1-2-16-38-35(14-1)15-13-27-50(38)57-51-25-11-9-21-43(51)47-32-36(28-30-53(47)57)37-29-31-54-48(33-37)44-22-10-12-26-52(44)58(54)55-34-49-41-19-4-3-17-39(41)40-18-5-7-23-45(40)56(49)46-24-8-6-20-42(46)55/h1-34H. The molecular weight excluding hydrogens is 701 g/mol. The molecule has 13 rings (SSSR count). The predicted octanol–water partition coefficient (Wildman–Crippen LogP) is 15.3. The van der Waals surface area contributed by atoms with Gasteiger partial charge >= 0.3 is 0 Å². The van der Waals surface area contributed by atoms with Crippen LogP contribution in [-0.2, 0) is 0 Å². The number of rotatable bonds is 3. The summed E-state index contributed by atoms with van der Waals surface area (Å²) >= 11 is 0. The summed E-state index contributed by atoms with van der Waals surface area (Å²) in [6, 6.07) is 76.3. The van der Waals surface area contributed by atoms with E-state index in [4.69, 9.17) is 0 Å². The van der Waals surface area contributed by atoms with Crippen LogP contribution >= 0.6 is 0 Å². The first-order valence-corrected chi connectivity index (χ1v) is 20.1. The minimum Gasteiger partial charge on any atom is -0.309 e. The molecule has 0 fully saturated rings. The lowest BCUT2D eigenvalue weighted by atomic mass is 9.90. The molecule has 0 N–H and O–H groups in total. The largest absolute Gasteiger partial charge is 0.309 e. The second kappa shape index (κ2) is 11.9. The topological polar surface area (TPSA) is 9.86 Å². The molecule has 2 nitrogen and oxygen atoms in total. The zero-order valence-corrected chi connectivity index (χ0v) is 31.5. The number of hydrogen-bond acceptors (Lipinski definition) is 0. The number of nitrogens with zero attached hydrogens (tertiary/aromatic N) is 2. The van der Waals surface area contributed by atoms with Gasteiger partial charge in [0, 0.05) is 32.3 Å². The molecule has 11 aromatic carbocycles. The van der Waals surface area contributed by atoms with Crippen LogP contribution in [0.1, 0.15) is 0 Å². The van der Waals surface area contributed by atoms with Crippen molar-refractivity contribution in [1.82, 2.24) is 9.13 Å². The Balaban J connectivity index is 1.05. The Labute approximate surface area is 334 Å². The third-order valence-corrected chi connectivity index (χ3v) is 12.7. The second-order valence-corrected chi connectivity index (χ2v) is 15.6. The monoisotopic (exact) mass is 734 g/mol. The van der Waals surface area contributed by atoms with Gasteiger partial charge in [-0.05, 0) is 103 Å². The highest BCUT2D eigenvalue weighted by Crippen LogP contribution is 2.44. The molecule has 0 amide bonds. The van der Waals surface area contributed by atoms with Crippen molar-refractivity contribution in [2.24, 2.45) is 0 Å². The summed E-state index contributed by atoms with van der Waals surface area (Å²) in [6.45, 7) is 0. The van der Waals surface area contributed by atoms with E-state index in [2.05, 4.69) is 215 Å². The van der Waals surface area contributed by atoms with Gasteiger partial charge in [-0.25, -0.2) is 0 Å². The van der Waals surface area contributed by atoms with Crippen molar-refractivity contribution in [1.29, 1.82) is 0 Å². The number of fused-ring (bicyclic) bond motifs is 15. The molecule has 0 aliphatic carbocycles. The van der Waals surface area contributed by atoms with E-state index >= 15 is 0 Å². The van der Waals surface area contributed by atoms with E-state index in [1.165, 1.54) is 120 Å². The highest BCUT2D eigenvalue weighted by Gasteiger charge is 2.20. The van der Waals surface area contributed by atoms with Gasteiger partial charge in [-0.1, -0.05) is 158 Å². The Kier molecular flexibility index (Phi) is 6.47. The average molecular weight is 735 g/mol. The minimum atomic E-state index is 1.20. The van der Waals surface area contributed by atoms with Crippen LogP contribution in [-0.4, -0.2) is 9.13 Å². The third kappa shape index (κ3) is 4.32. The van der Waals surface area contributed by atoms with Gasteiger partial charge in [-0.2, -0.15) is 0 Å². The van der Waals surface area contributed by atoms with Crippen LogP contribution in [0.25, 0.3) is 120 Å². The Bertz CT molecular complexity index is 3850. The normalized spacial score (nSPS) is 12.1. The zero-order chi connectivity index (χ0) is 37.9. The SMILES string of the molecule is c1ccc2c(-n3c4ccccc4c4cc(-c5ccc6c(c5)c5ccccc5n6-c5cc6c7ccccc7c7ccccc7c6c6ccccc56)ccc43)cccc2c1. The van der Waals surface area contributed by atoms with Crippen molar-refractivity contribution in [3.05, 3.63) is 206 Å². The van der Waals surface area contributed by atoms with Crippen LogP contribution in [0.2, 0.25) is 0 Å². The van der Waals surface area contributed by atoms with Crippen LogP contribution in [0.15, 0.2) is 206 Å². The lowest BCUT2D eigenvalue weighted by Gasteiger charge is -2.17. The summed E-state index contributed by atoms with van der Waals surface area (Å²) in [5, 5.41) is 17.8.